The van der Waals surface area contributed by atoms with E-state index in [1.807, 2.05) is 55.5 Å². The smallest absolute Gasteiger partial charge is 0.328 e. The van der Waals surface area contributed by atoms with Gasteiger partial charge in [0, 0.05) is 6.08 Å². The molecule has 0 aromatic heterocycles. The van der Waals surface area contributed by atoms with E-state index in [1.54, 1.807) is 6.08 Å². The summed E-state index contributed by atoms with van der Waals surface area (Å²) < 4.78 is 0. The maximum Gasteiger partial charge on any atom is 0.328 e. The molecular formula is C16H14O2. The molecule has 0 fully saturated rings. The molecule has 0 radical (unpaired) electrons. The number of aliphatic carboxylic acids is 1. The first-order valence-electron chi connectivity index (χ1n) is 5.74. The Balaban J connectivity index is 2.44. The van der Waals surface area contributed by atoms with Crippen molar-refractivity contribution in [2.75, 3.05) is 0 Å². The summed E-state index contributed by atoms with van der Waals surface area (Å²) in [7, 11) is 0. The van der Waals surface area contributed by atoms with E-state index in [-0.39, 0.29) is 0 Å². The average Bonchev–Trinajstić information content (AvgIpc) is 2.38. The molecule has 2 aromatic rings. The fraction of sp³-hybridized carbons (Fsp3) is 0.0625. The Morgan fingerprint density at radius 3 is 2.39 bits per heavy atom. The first-order valence-corrected chi connectivity index (χ1v) is 5.74. The van der Waals surface area contributed by atoms with Crippen molar-refractivity contribution in [3.63, 3.8) is 0 Å². The molecule has 0 amide bonds. The van der Waals surface area contributed by atoms with E-state index >= 15 is 0 Å². The second-order valence-corrected chi connectivity index (χ2v) is 4.12. The van der Waals surface area contributed by atoms with Crippen LogP contribution in [0, 0.1) is 6.92 Å². The Morgan fingerprint density at radius 2 is 1.72 bits per heavy atom. The quantitative estimate of drug-likeness (QED) is 0.827. The van der Waals surface area contributed by atoms with Gasteiger partial charge in [-0.15, -0.1) is 0 Å². The Labute approximate surface area is 106 Å². The topological polar surface area (TPSA) is 37.3 Å². The Hall–Kier alpha value is -2.35. The van der Waals surface area contributed by atoms with E-state index in [2.05, 4.69) is 0 Å². The summed E-state index contributed by atoms with van der Waals surface area (Å²) in [6, 6.07) is 15.9. The number of hydrogen-bond acceptors (Lipinski definition) is 1. The number of hydrogen-bond donors (Lipinski definition) is 1. The summed E-state index contributed by atoms with van der Waals surface area (Å²) in [4.78, 5) is 10.6. The van der Waals surface area contributed by atoms with Crippen molar-refractivity contribution in [3.05, 3.63) is 65.7 Å². The van der Waals surface area contributed by atoms with Gasteiger partial charge in [0.1, 0.15) is 0 Å². The molecule has 0 atom stereocenters. The van der Waals surface area contributed by atoms with Crippen LogP contribution in [0.15, 0.2) is 54.6 Å². The van der Waals surface area contributed by atoms with Crippen molar-refractivity contribution in [2.45, 2.75) is 6.92 Å². The minimum Gasteiger partial charge on any atom is -0.478 e. The molecule has 2 rings (SSSR count). The monoisotopic (exact) mass is 238 g/mol. The normalized spacial score (nSPS) is 10.7. The average molecular weight is 238 g/mol. The highest BCUT2D eigenvalue weighted by Crippen LogP contribution is 2.24. The molecule has 2 heteroatoms. The van der Waals surface area contributed by atoms with Gasteiger partial charge in [-0.05, 0) is 29.7 Å². The van der Waals surface area contributed by atoms with Crippen LogP contribution in [0.3, 0.4) is 0 Å². The standard InChI is InChI=1S/C16H14O2/c1-12-6-8-14(9-7-12)15-5-3-2-4-13(15)10-11-16(17)18/h2-11H,1H3,(H,17,18). The van der Waals surface area contributed by atoms with Crippen LogP contribution >= 0.6 is 0 Å². The van der Waals surface area contributed by atoms with E-state index < -0.39 is 5.97 Å². The third kappa shape index (κ3) is 2.86. The molecular weight excluding hydrogens is 224 g/mol. The van der Waals surface area contributed by atoms with Crippen molar-refractivity contribution >= 4 is 12.0 Å². The van der Waals surface area contributed by atoms with Crippen LogP contribution in [0.1, 0.15) is 11.1 Å². The first kappa shape index (κ1) is 12.1. The zero-order valence-electron chi connectivity index (χ0n) is 10.1. The summed E-state index contributed by atoms with van der Waals surface area (Å²) in [5, 5.41) is 8.69. The van der Waals surface area contributed by atoms with Gasteiger partial charge in [-0.3, -0.25) is 0 Å². The second kappa shape index (κ2) is 5.32. The summed E-state index contributed by atoms with van der Waals surface area (Å²) in [5.41, 5.74) is 4.24. The van der Waals surface area contributed by atoms with Crippen molar-refractivity contribution in [1.82, 2.24) is 0 Å². The Bertz CT molecular complexity index is 580. The van der Waals surface area contributed by atoms with Gasteiger partial charge in [-0.25, -0.2) is 4.79 Å². The molecule has 0 unspecified atom stereocenters. The highest BCUT2D eigenvalue weighted by atomic mass is 16.4. The molecule has 0 bridgehead atoms. The fourth-order valence-corrected chi connectivity index (χ4v) is 1.80. The van der Waals surface area contributed by atoms with Crippen molar-refractivity contribution < 1.29 is 9.90 Å². The number of benzene rings is 2. The Kier molecular flexibility index (Phi) is 3.58. The van der Waals surface area contributed by atoms with Crippen LogP contribution in [0.4, 0.5) is 0 Å². The van der Waals surface area contributed by atoms with Crippen LogP contribution in [0.5, 0.6) is 0 Å². The SMILES string of the molecule is Cc1ccc(-c2ccccc2C=CC(=O)O)cc1. The summed E-state index contributed by atoms with van der Waals surface area (Å²) in [6.45, 7) is 2.04. The molecule has 1 N–H and O–H groups in total. The van der Waals surface area contributed by atoms with Crippen LogP contribution in [0.2, 0.25) is 0 Å². The molecule has 0 heterocycles. The highest BCUT2D eigenvalue weighted by molar-refractivity contribution is 5.87. The fourth-order valence-electron chi connectivity index (χ4n) is 1.80. The van der Waals surface area contributed by atoms with E-state index in [0.29, 0.717) is 0 Å². The van der Waals surface area contributed by atoms with Crippen LogP contribution in [-0.2, 0) is 4.79 Å². The molecule has 0 spiro atoms. The van der Waals surface area contributed by atoms with Crippen molar-refractivity contribution in [3.8, 4) is 11.1 Å². The van der Waals surface area contributed by atoms with E-state index in [1.165, 1.54) is 5.56 Å². The van der Waals surface area contributed by atoms with Gasteiger partial charge in [0.05, 0.1) is 0 Å². The number of carboxylic acid groups (broad SMARTS) is 1. The lowest BCUT2D eigenvalue weighted by molar-refractivity contribution is -0.131. The second-order valence-electron chi connectivity index (χ2n) is 4.12. The highest BCUT2D eigenvalue weighted by Gasteiger charge is 2.02. The summed E-state index contributed by atoms with van der Waals surface area (Å²) in [5.74, 6) is -0.936. The number of carboxylic acids is 1. The molecule has 0 saturated carbocycles. The van der Waals surface area contributed by atoms with Gasteiger partial charge >= 0.3 is 5.97 Å². The van der Waals surface area contributed by atoms with E-state index in [0.717, 1.165) is 22.8 Å². The minimum atomic E-state index is -0.936. The van der Waals surface area contributed by atoms with Gasteiger partial charge in [-0.1, -0.05) is 54.1 Å². The number of rotatable bonds is 3. The maximum absolute atomic E-state index is 10.6. The Morgan fingerprint density at radius 1 is 1.06 bits per heavy atom. The third-order valence-electron chi connectivity index (χ3n) is 2.73. The van der Waals surface area contributed by atoms with Crippen LogP contribution in [-0.4, -0.2) is 11.1 Å². The van der Waals surface area contributed by atoms with Gasteiger partial charge in [0.25, 0.3) is 0 Å². The van der Waals surface area contributed by atoms with Gasteiger partial charge in [0.15, 0.2) is 0 Å². The lowest BCUT2D eigenvalue weighted by Crippen LogP contribution is -1.87. The van der Waals surface area contributed by atoms with Gasteiger partial charge < -0.3 is 5.11 Å². The molecule has 0 saturated heterocycles. The minimum absolute atomic E-state index is 0.906. The lowest BCUT2D eigenvalue weighted by Gasteiger charge is -2.06. The van der Waals surface area contributed by atoms with Gasteiger partial charge in [-0.2, -0.15) is 0 Å². The molecule has 0 aliphatic heterocycles. The van der Waals surface area contributed by atoms with Crippen LogP contribution < -0.4 is 0 Å². The van der Waals surface area contributed by atoms with Crippen LogP contribution in [0.25, 0.3) is 17.2 Å². The van der Waals surface area contributed by atoms with Gasteiger partial charge in [0.2, 0.25) is 0 Å². The largest absolute Gasteiger partial charge is 0.478 e. The maximum atomic E-state index is 10.6. The zero-order chi connectivity index (χ0) is 13.0. The third-order valence-corrected chi connectivity index (χ3v) is 2.73. The molecule has 2 nitrogen and oxygen atoms in total. The predicted octanol–water partition coefficient (Wildman–Crippen LogP) is 3.76. The van der Waals surface area contributed by atoms with E-state index in [9.17, 15) is 4.79 Å². The number of aryl methyl sites for hydroxylation is 1. The predicted molar refractivity (Wildman–Crippen MR) is 73.3 cm³/mol. The molecule has 90 valence electrons. The molecule has 0 aliphatic rings. The molecule has 18 heavy (non-hydrogen) atoms. The lowest BCUT2D eigenvalue weighted by atomic mass is 9.98. The molecule has 0 aliphatic carbocycles. The van der Waals surface area contributed by atoms with E-state index in [4.69, 9.17) is 5.11 Å². The van der Waals surface area contributed by atoms with Crippen molar-refractivity contribution in [2.24, 2.45) is 0 Å². The number of carbonyl (C=O) groups is 1. The van der Waals surface area contributed by atoms with Crippen molar-refractivity contribution in [1.29, 1.82) is 0 Å². The first-order chi connectivity index (χ1) is 8.66. The zero-order valence-corrected chi connectivity index (χ0v) is 10.1. The summed E-state index contributed by atoms with van der Waals surface area (Å²) >= 11 is 0. The summed E-state index contributed by atoms with van der Waals surface area (Å²) in [6.07, 6.45) is 2.78. The molecule has 2 aromatic carbocycles.